The van der Waals surface area contributed by atoms with Gasteiger partial charge in [-0.15, -0.1) is 11.3 Å². The molecule has 0 aliphatic rings. The number of aryl methyl sites for hydroxylation is 2. The minimum Gasteiger partial charge on any atom is -0.462 e. The van der Waals surface area contributed by atoms with Crippen LogP contribution in [0.25, 0.3) is 22.1 Å². The molecule has 2 aromatic carbocycles. The lowest BCUT2D eigenvalue weighted by atomic mass is 10.0. The van der Waals surface area contributed by atoms with Crippen molar-refractivity contribution in [1.29, 1.82) is 0 Å². The number of fused-ring (bicyclic) bond motifs is 1. The molecule has 0 saturated carbocycles. The van der Waals surface area contributed by atoms with E-state index in [-0.39, 0.29) is 12.4 Å². The minimum atomic E-state index is -0.467. The summed E-state index contributed by atoms with van der Waals surface area (Å²) in [7, 11) is 0. The number of benzene rings is 2. The first-order valence-corrected chi connectivity index (χ1v) is 10.5. The maximum Gasteiger partial charge on any atom is 0.341 e. The highest BCUT2D eigenvalue weighted by molar-refractivity contribution is 7.15. The van der Waals surface area contributed by atoms with Crippen molar-refractivity contribution < 1.29 is 18.7 Å². The van der Waals surface area contributed by atoms with E-state index in [1.807, 2.05) is 67.8 Å². The molecule has 6 heteroatoms. The van der Waals surface area contributed by atoms with Crippen LogP contribution in [0, 0.1) is 13.8 Å². The molecule has 2 heterocycles. The number of amides is 1. The first kappa shape index (κ1) is 19.9. The van der Waals surface area contributed by atoms with Crippen LogP contribution >= 0.6 is 11.3 Å². The number of ether oxygens (including phenoxy) is 1. The second-order valence-electron chi connectivity index (χ2n) is 6.95. The number of carbonyl (C=O) groups excluding carboxylic acids is 2. The molecule has 0 bridgehead atoms. The number of rotatable bonds is 5. The van der Waals surface area contributed by atoms with Gasteiger partial charge in [-0.2, -0.15) is 0 Å². The summed E-state index contributed by atoms with van der Waals surface area (Å²) in [5.74, 6) is -0.631. The van der Waals surface area contributed by atoms with Gasteiger partial charge in [0.2, 0.25) is 0 Å². The minimum absolute atomic E-state index is 0.233. The lowest BCUT2D eigenvalue weighted by molar-refractivity contribution is 0.0529. The molecule has 1 amide bonds. The Bertz CT molecular complexity index is 1230. The fraction of sp³-hybridized carbons (Fsp3) is 0.167. The van der Waals surface area contributed by atoms with Gasteiger partial charge in [0, 0.05) is 21.9 Å². The second-order valence-corrected chi connectivity index (χ2v) is 7.83. The quantitative estimate of drug-likeness (QED) is 0.391. The number of carbonyl (C=O) groups is 2. The number of nitrogens with one attached hydrogen (secondary N) is 1. The smallest absolute Gasteiger partial charge is 0.341 e. The predicted molar refractivity (Wildman–Crippen MR) is 119 cm³/mol. The Hall–Kier alpha value is -3.38. The van der Waals surface area contributed by atoms with E-state index in [9.17, 15) is 9.59 Å². The molecule has 1 N–H and O–H groups in total. The monoisotopic (exact) mass is 419 g/mol. The van der Waals surface area contributed by atoms with E-state index < -0.39 is 11.9 Å². The number of thiophene rings is 1. The fourth-order valence-corrected chi connectivity index (χ4v) is 4.30. The average molecular weight is 420 g/mol. The summed E-state index contributed by atoms with van der Waals surface area (Å²) >= 11 is 1.29. The summed E-state index contributed by atoms with van der Waals surface area (Å²) in [5, 5.41) is 6.04. The van der Waals surface area contributed by atoms with Gasteiger partial charge >= 0.3 is 5.97 Å². The van der Waals surface area contributed by atoms with Crippen LogP contribution in [0.15, 0.2) is 58.3 Å². The summed E-state index contributed by atoms with van der Waals surface area (Å²) in [6.45, 7) is 5.86. The molecule has 30 heavy (non-hydrogen) atoms. The molecule has 0 atom stereocenters. The zero-order valence-electron chi connectivity index (χ0n) is 16.9. The van der Waals surface area contributed by atoms with E-state index >= 15 is 0 Å². The molecule has 0 aliphatic heterocycles. The molecule has 0 fully saturated rings. The summed E-state index contributed by atoms with van der Waals surface area (Å²) < 4.78 is 11.0. The summed E-state index contributed by atoms with van der Waals surface area (Å²) in [6.07, 6.45) is 0. The molecule has 0 saturated heterocycles. The summed E-state index contributed by atoms with van der Waals surface area (Å²) in [6, 6.07) is 15.4. The molecule has 152 valence electrons. The van der Waals surface area contributed by atoms with Crippen molar-refractivity contribution in [2.24, 2.45) is 0 Å². The molecular formula is C24H21NO4S. The van der Waals surface area contributed by atoms with E-state index in [1.165, 1.54) is 11.3 Å². The number of anilines is 1. The van der Waals surface area contributed by atoms with Crippen molar-refractivity contribution in [3.8, 4) is 11.1 Å². The number of hydrogen-bond donors (Lipinski definition) is 1. The topological polar surface area (TPSA) is 68.5 Å². The fourth-order valence-electron chi connectivity index (χ4n) is 3.35. The number of hydrogen-bond acceptors (Lipinski definition) is 5. The highest BCUT2D eigenvalue weighted by atomic mass is 32.1. The standard InChI is InChI=1S/C24H21NO4S/c1-4-28-24(27)20-18(16-11-9-14(2)10-12-16)13-30-23(20)25-22(26)21-15(3)17-7-5-6-8-19(17)29-21/h5-13H,4H2,1-3H3,(H,25,26). The van der Waals surface area contributed by atoms with Crippen LogP contribution in [0.5, 0.6) is 0 Å². The van der Waals surface area contributed by atoms with Crippen molar-refractivity contribution in [2.75, 3.05) is 11.9 Å². The Labute approximate surface area is 178 Å². The molecule has 0 aliphatic carbocycles. The van der Waals surface area contributed by atoms with Gasteiger partial charge in [-0.3, -0.25) is 4.79 Å². The largest absolute Gasteiger partial charge is 0.462 e. The zero-order valence-corrected chi connectivity index (χ0v) is 17.8. The first-order chi connectivity index (χ1) is 14.5. The Kier molecular flexibility index (Phi) is 5.42. The SMILES string of the molecule is CCOC(=O)c1c(-c2ccc(C)cc2)csc1NC(=O)c1oc2ccccc2c1C. The van der Waals surface area contributed by atoms with Crippen LogP contribution in [0.4, 0.5) is 5.00 Å². The molecular weight excluding hydrogens is 398 g/mol. The van der Waals surface area contributed by atoms with E-state index in [0.29, 0.717) is 16.1 Å². The van der Waals surface area contributed by atoms with Crippen LogP contribution in [-0.4, -0.2) is 18.5 Å². The van der Waals surface area contributed by atoms with Crippen molar-refractivity contribution in [3.05, 3.63) is 76.4 Å². The van der Waals surface area contributed by atoms with Gasteiger partial charge in [0.15, 0.2) is 5.76 Å². The van der Waals surface area contributed by atoms with Gasteiger partial charge in [0.05, 0.1) is 6.61 Å². The average Bonchev–Trinajstić information content (AvgIpc) is 3.30. The van der Waals surface area contributed by atoms with Gasteiger partial charge in [-0.05, 0) is 32.4 Å². The second kappa shape index (κ2) is 8.16. The number of furan rings is 1. The van der Waals surface area contributed by atoms with E-state index in [4.69, 9.17) is 9.15 Å². The van der Waals surface area contributed by atoms with E-state index in [0.717, 1.165) is 27.6 Å². The Morgan fingerprint density at radius 2 is 1.80 bits per heavy atom. The summed E-state index contributed by atoms with van der Waals surface area (Å²) in [5.41, 5.74) is 4.51. The highest BCUT2D eigenvalue weighted by Gasteiger charge is 2.25. The van der Waals surface area contributed by atoms with Gasteiger partial charge in [-0.25, -0.2) is 4.79 Å². The van der Waals surface area contributed by atoms with Crippen LogP contribution in [0.2, 0.25) is 0 Å². The third-order valence-corrected chi connectivity index (χ3v) is 5.81. The van der Waals surface area contributed by atoms with Crippen LogP contribution in [-0.2, 0) is 4.74 Å². The van der Waals surface area contributed by atoms with E-state index in [2.05, 4.69) is 5.32 Å². The molecule has 4 aromatic rings. The number of para-hydroxylation sites is 1. The van der Waals surface area contributed by atoms with Crippen LogP contribution in [0.1, 0.15) is 39.0 Å². The van der Waals surface area contributed by atoms with E-state index in [1.54, 1.807) is 6.92 Å². The zero-order chi connectivity index (χ0) is 21.3. The molecule has 0 radical (unpaired) electrons. The van der Waals surface area contributed by atoms with Gasteiger partial charge in [0.1, 0.15) is 16.1 Å². The lowest BCUT2D eigenvalue weighted by Gasteiger charge is -2.08. The molecule has 0 spiro atoms. The third kappa shape index (κ3) is 3.62. The molecule has 2 aromatic heterocycles. The molecule has 0 unspecified atom stereocenters. The van der Waals surface area contributed by atoms with Crippen LogP contribution in [0.3, 0.4) is 0 Å². The highest BCUT2D eigenvalue weighted by Crippen LogP contribution is 2.37. The van der Waals surface area contributed by atoms with Gasteiger partial charge in [0.25, 0.3) is 5.91 Å². The maximum absolute atomic E-state index is 13.0. The van der Waals surface area contributed by atoms with Crippen molar-refractivity contribution in [1.82, 2.24) is 0 Å². The van der Waals surface area contributed by atoms with Gasteiger partial charge in [-0.1, -0.05) is 48.0 Å². The van der Waals surface area contributed by atoms with Gasteiger partial charge < -0.3 is 14.5 Å². The van der Waals surface area contributed by atoms with Crippen LogP contribution < -0.4 is 5.32 Å². The maximum atomic E-state index is 13.0. The Balaban J connectivity index is 1.72. The molecule has 5 nitrogen and oxygen atoms in total. The Morgan fingerprint density at radius 1 is 1.07 bits per heavy atom. The summed E-state index contributed by atoms with van der Waals surface area (Å²) in [4.78, 5) is 25.7. The Morgan fingerprint density at radius 3 is 2.50 bits per heavy atom. The predicted octanol–water partition coefficient (Wildman–Crippen LogP) is 6.21. The normalized spacial score (nSPS) is 10.9. The number of esters is 1. The third-order valence-electron chi connectivity index (χ3n) is 4.91. The molecule has 4 rings (SSSR count). The lowest BCUT2D eigenvalue weighted by Crippen LogP contribution is -2.15. The van der Waals surface area contributed by atoms with Crippen molar-refractivity contribution in [3.63, 3.8) is 0 Å². The first-order valence-electron chi connectivity index (χ1n) is 9.64. The van der Waals surface area contributed by atoms with Crippen molar-refractivity contribution >= 4 is 39.2 Å². The van der Waals surface area contributed by atoms with Crippen molar-refractivity contribution in [2.45, 2.75) is 20.8 Å².